The Hall–Kier alpha value is -2.73. The molecule has 0 amide bonds. The first kappa shape index (κ1) is 19.6. The van der Waals surface area contributed by atoms with Crippen molar-refractivity contribution in [1.82, 2.24) is 20.0 Å². The van der Waals surface area contributed by atoms with E-state index in [1.54, 1.807) is 0 Å². The molecule has 3 heterocycles. The number of hydrogen-bond acceptors (Lipinski definition) is 6. The maximum atomic E-state index is 5.46. The van der Waals surface area contributed by atoms with E-state index in [-0.39, 0.29) is 0 Å². The van der Waals surface area contributed by atoms with E-state index in [2.05, 4.69) is 69.4 Å². The Morgan fingerprint density at radius 1 is 1.03 bits per heavy atom. The zero-order valence-electron chi connectivity index (χ0n) is 17.3. The van der Waals surface area contributed by atoms with Crippen LogP contribution in [-0.4, -0.2) is 53.3 Å². The van der Waals surface area contributed by atoms with Crippen molar-refractivity contribution >= 4 is 5.82 Å². The normalized spacial score (nSPS) is 15.2. The van der Waals surface area contributed by atoms with E-state index in [0.29, 0.717) is 11.9 Å². The van der Waals surface area contributed by atoms with E-state index < -0.39 is 0 Å². The second-order valence-corrected chi connectivity index (χ2v) is 7.94. The van der Waals surface area contributed by atoms with Crippen LogP contribution in [0.3, 0.4) is 0 Å². The average molecular weight is 392 g/mol. The van der Waals surface area contributed by atoms with Crippen molar-refractivity contribution in [1.29, 1.82) is 0 Å². The first-order chi connectivity index (χ1) is 14.2. The van der Waals surface area contributed by atoms with Gasteiger partial charge in [-0.1, -0.05) is 35.5 Å². The zero-order chi connectivity index (χ0) is 20.1. The summed E-state index contributed by atoms with van der Waals surface area (Å²) in [5.41, 5.74) is 2.21. The smallest absolute Gasteiger partial charge is 0.259 e. The molecule has 0 unspecified atom stereocenters. The van der Waals surface area contributed by atoms with Crippen LogP contribution < -0.4 is 4.90 Å². The lowest BCUT2D eigenvalue weighted by Gasteiger charge is -2.35. The summed E-state index contributed by atoms with van der Waals surface area (Å²) in [5, 5.41) is 4.13. The number of benzene rings is 1. The van der Waals surface area contributed by atoms with Gasteiger partial charge in [0.15, 0.2) is 5.82 Å². The first-order valence-electron chi connectivity index (χ1n) is 10.4. The Bertz CT molecular complexity index is 883. The topological polar surface area (TPSA) is 58.3 Å². The number of aryl methyl sites for hydroxylation is 2. The van der Waals surface area contributed by atoms with Crippen molar-refractivity contribution in [2.75, 3.05) is 32.1 Å². The number of piperidine rings is 1. The third-order valence-electron chi connectivity index (χ3n) is 5.69. The molecule has 3 aromatic rings. The molecule has 0 atom stereocenters. The van der Waals surface area contributed by atoms with Crippen molar-refractivity contribution in [3.8, 4) is 11.5 Å². The molecule has 0 bridgehead atoms. The fourth-order valence-corrected chi connectivity index (χ4v) is 3.88. The van der Waals surface area contributed by atoms with Crippen LogP contribution >= 0.6 is 0 Å². The van der Waals surface area contributed by atoms with E-state index in [4.69, 9.17) is 4.52 Å². The van der Waals surface area contributed by atoms with Crippen LogP contribution in [0, 0.1) is 0 Å². The molecule has 0 saturated carbocycles. The minimum absolute atomic E-state index is 0.546. The largest absolute Gasteiger partial charge is 0.357 e. The Morgan fingerprint density at radius 2 is 1.83 bits per heavy atom. The minimum atomic E-state index is 0.546. The van der Waals surface area contributed by atoms with E-state index in [0.717, 1.165) is 49.6 Å². The summed E-state index contributed by atoms with van der Waals surface area (Å²) in [6.07, 6.45) is 7.02. The quantitative estimate of drug-likeness (QED) is 0.610. The number of anilines is 1. The second kappa shape index (κ2) is 9.18. The monoisotopic (exact) mass is 391 g/mol. The summed E-state index contributed by atoms with van der Waals surface area (Å²) in [4.78, 5) is 13.9. The molecule has 0 spiro atoms. The van der Waals surface area contributed by atoms with Gasteiger partial charge >= 0.3 is 0 Å². The highest BCUT2D eigenvalue weighted by Crippen LogP contribution is 2.23. The van der Waals surface area contributed by atoms with Gasteiger partial charge in [0.2, 0.25) is 0 Å². The van der Waals surface area contributed by atoms with Crippen LogP contribution in [0.1, 0.15) is 30.7 Å². The van der Waals surface area contributed by atoms with Gasteiger partial charge in [0.05, 0.1) is 5.56 Å². The van der Waals surface area contributed by atoms with Gasteiger partial charge in [-0.05, 0) is 57.5 Å². The number of aromatic nitrogens is 3. The molecular weight excluding hydrogens is 362 g/mol. The highest BCUT2D eigenvalue weighted by atomic mass is 16.5. The molecule has 1 fully saturated rings. The third kappa shape index (κ3) is 5.01. The molecule has 0 radical (unpaired) electrons. The van der Waals surface area contributed by atoms with Gasteiger partial charge in [-0.3, -0.25) is 0 Å². The number of hydrogen-bond donors (Lipinski definition) is 0. The van der Waals surface area contributed by atoms with E-state index in [1.165, 1.54) is 18.4 Å². The first-order valence-corrected chi connectivity index (χ1v) is 10.4. The maximum Gasteiger partial charge on any atom is 0.259 e. The Balaban J connectivity index is 1.31. The fourth-order valence-electron chi connectivity index (χ4n) is 3.88. The Kier molecular flexibility index (Phi) is 6.20. The van der Waals surface area contributed by atoms with Crippen LogP contribution in [0.2, 0.25) is 0 Å². The average Bonchev–Trinajstić information content (AvgIpc) is 3.24. The SMILES string of the molecule is CN(C)C1CCN(c2ccc(-c3nc(CCCc4ccccc4)no3)cn2)CC1. The van der Waals surface area contributed by atoms with Gasteiger partial charge in [0.1, 0.15) is 5.82 Å². The predicted molar refractivity (Wildman–Crippen MR) is 115 cm³/mol. The van der Waals surface area contributed by atoms with Gasteiger partial charge < -0.3 is 14.3 Å². The van der Waals surface area contributed by atoms with Crippen LogP contribution in [0.4, 0.5) is 5.82 Å². The predicted octanol–water partition coefficient (Wildman–Crippen LogP) is 3.84. The molecule has 2 aromatic heterocycles. The molecule has 6 nitrogen and oxygen atoms in total. The van der Waals surface area contributed by atoms with Crippen LogP contribution in [0.15, 0.2) is 53.2 Å². The van der Waals surface area contributed by atoms with E-state index >= 15 is 0 Å². The number of rotatable bonds is 7. The van der Waals surface area contributed by atoms with E-state index in [9.17, 15) is 0 Å². The molecule has 1 aliphatic heterocycles. The lowest BCUT2D eigenvalue weighted by Crippen LogP contribution is -2.42. The van der Waals surface area contributed by atoms with Crippen molar-refractivity contribution in [2.24, 2.45) is 0 Å². The molecule has 0 aliphatic carbocycles. The summed E-state index contributed by atoms with van der Waals surface area (Å²) < 4.78 is 5.46. The van der Waals surface area contributed by atoms with Crippen LogP contribution in [-0.2, 0) is 12.8 Å². The molecule has 4 rings (SSSR count). The van der Waals surface area contributed by atoms with Crippen molar-refractivity contribution < 1.29 is 4.52 Å². The number of pyridine rings is 1. The lowest BCUT2D eigenvalue weighted by molar-refractivity contribution is 0.249. The van der Waals surface area contributed by atoms with Gasteiger partial charge in [0.25, 0.3) is 5.89 Å². The molecule has 152 valence electrons. The summed E-state index contributed by atoms with van der Waals surface area (Å²) in [6, 6.07) is 15.2. The highest BCUT2D eigenvalue weighted by molar-refractivity contribution is 5.54. The standard InChI is InChI=1S/C23H29N5O/c1-27(2)20-13-15-28(16-14-20)22-12-11-19(17-24-22)23-25-21(26-29-23)10-6-9-18-7-4-3-5-8-18/h3-5,7-8,11-12,17,20H,6,9-10,13-16H2,1-2H3. The molecule has 1 aromatic carbocycles. The van der Waals surface area contributed by atoms with Gasteiger partial charge in [0, 0.05) is 31.7 Å². The summed E-state index contributed by atoms with van der Waals surface area (Å²) >= 11 is 0. The third-order valence-corrected chi connectivity index (χ3v) is 5.69. The molecule has 29 heavy (non-hydrogen) atoms. The van der Waals surface area contributed by atoms with Crippen molar-refractivity contribution in [3.63, 3.8) is 0 Å². The van der Waals surface area contributed by atoms with Crippen LogP contribution in [0.25, 0.3) is 11.5 Å². The molecule has 1 aliphatic rings. The summed E-state index contributed by atoms with van der Waals surface area (Å²) in [6.45, 7) is 2.09. The van der Waals surface area contributed by atoms with Gasteiger partial charge in [-0.25, -0.2) is 4.98 Å². The lowest BCUT2D eigenvalue weighted by atomic mass is 10.0. The van der Waals surface area contributed by atoms with Crippen molar-refractivity contribution in [3.05, 3.63) is 60.0 Å². The molecule has 1 saturated heterocycles. The van der Waals surface area contributed by atoms with Crippen LogP contribution in [0.5, 0.6) is 0 Å². The molecular formula is C23H29N5O. The molecule has 0 N–H and O–H groups in total. The van der Waals surface area contributed by atoms with Gasteiger partial charge in [-0.2, -0.15) is 4.98 Å². The summed E-state index contributed by atoms with van der Waals surface area (Å²) in [5.74, 6) is 2.32. The highest BCUT2D eigenvalue weighted by Gasteiger charge is 2.21. The minimum Gasteiger partial charge on any atom is -0.357 e. The fraction of sp³-hybridized carbons (Fsp3) is 0.435. The zero-order valence-corrected chi connectivity index (χ0v) is 17.3. The molecule has 6 heteroatoms. The van der Waals surface area contributed by atoms with E-state index in [1.807, 2.05) is 18.3 Å². The summed E-state index contributed by atoms with van der Waals surface area (Å²) in [7, 11) is 4.32. The van der Waals surface area contributed by atoms with Crippen molar-refractivity contribution in [2.45, 2.75) is 38.1 Å². The Labute approximate surface area is 172 Å². The number of nitrogens with zero attached hydrogens (tertiary/aromatic N) is 5. The second-order valence-electron chi connectivity index (χ2n) is 7.94. The maximum absolute atomic E-state index is 5.46. The van der Waals surface area contributed by atoms with Gasteiger partial charge in [-0.15, -0.1) is 0 Å². The Morgan fingerprint density at radius 3 is 2.52 bits per heavy atom.